The van der Waals surface area contributed by atoms with E-state index in [2.05, 4.69) is 68.3 Å². The van der Waals surface area contributed by atoms with Crippen LogP contribution in [0.1, 0.15) is 17.2 Å². The van der Waals surface area contributed by atoms with Gasteiger partial charge >= 0.3 is 0 Å². The van der Waals surface area contributed by atoms with E-state index < -0.39 is 0 Å². The Bertz CT molecular complexity index is 868. The summed E-state index contributed by atoms with van der Waals surface area (Å²) in [5.74, 6) is 0.737. The van der Waals surface area contributed by atoms with Crippen molar-refractivity contribution in [3.8, 4) is 0 Å². The van der Waals surface area contributed by atoms with Gasteiger partial charge in [0.25, 0.3) is 0 Å². The molecule has 23 heavy (non-hydrogen) atoms. The van der Waals surface area contributed by atoms with Crippen molar-refractivity contribution in [2.75, 3.05) is 5.32 Å². The maximum atomic E-state index is 6.01. The minimum atomic E-state index is -0.0136. The van der Waals surface area contributed by atoms with Gasteiger partial charge in [-0.2, -0.15) is 10.1 Å². The number of hydrogen-bond acceptors (Lipinski definition) is 3. The van der Waals surface area contributed by atoms with Crippen LogP contribution in [-0.2, 0) is 0 Å². The van der Waals surface area contributed by atoms with Gasteiger partial charge in [-0.3, -0.25) is 0 Å². The van der Waals surface area contributed by atoms with Gasteiger partial charge in [-0.05, 0) is 64.1 Å². The predicted octanol–water partition coefficient (Wildman–Crippen LogP) is 4.59. The second-order valence-corrected chi connectivity index (χ2v) is 6.92. The predicted molar refractivity (Wildman–Crippen MR) is 100 cm³/mol. The number of halogens is 2. The van der Waals surface area contributed by atoms with Crippen molar-refractivity contribution in [3.05, 3.63) is 80.7 Å². The quantitative estimate of drug-likeness (QED) is 0.600. The summed E-state index contributed by atoms with van der Waals surface area (Å²) in [7, 11) is 0. The van der Waals surface area contributed by atoms with Crippen LogP contribution in [0.15, 0.2) is 60.9 Å². The van der Waals surface area contributed by atoms with Crippen molar-refractivity contribution in [3.63, 3.8) is 0 Å². The molecule has 0 saturated carbocycles. The molecule has 2 aromatic carbocycles. The summed E-state index contributed by atoms with van der Waals surface area (Å²) in [6.45, 7) is 0. The number of rotatable bonds is 2. The molecule has 0 bridgehead atoms. The lowest BCUT2D eigenvalue weighted by atomic mass is 10.0. The first kappa shape index (κ1) is 14.7. The molecule has 4 nitrogen and oxygen atoms in total. The molecular weight excluding hydrogens is 423 g/mol. The van der Waals surface area contributed by atoms with E-state index in [1.165, 1.54) is 3.57 Å². The topological polar surface area (TPSA) is 42.7 Å². The van der Waals surface area contributed by atoms with E-state index in [1.807, 2.05) is 28.9 Å². The summed E-state index contributed by atoms with van der Waals surface area (Å²) in [6.07, 6.45) is 3.73. The number of allylic oxidation sites excluding steroid dienone is 1. The summed E-state index contributed by atoms with van der Waals surface area (Å²) < 4.78 is 3.08. The molecule has 0 fully saturated rings. The Kier molecular flexibility index (Phi) is 3.82. The van der Waals surface area contributed by atoms with Gasteiger partial charge in [0.1, 0.15) is 12.4 Å². The monoisotopic (exact) mass is 434 g/mol. The molecule has 1 atom stereocenters. The molecule has 0 saturated heterocycles. The van der Waals surface area contributed by atoms with Crippen molar-refractivity contribution in [2.45, 2.75) is 6.04 Å². The molecule has 2 heterocycles. The highest BCUT2D eigenvalue weighted by Gasteiger charge is 2.23. The number of benzene rings is 2. The molecule has 0 amide bonds. The number of nitrogens with zero attached hydrogens (tertiary/aromatic N) is 3. The zero-order chi connectivity index (χ0) is 15.8. The molecule has 114 valence electrons. The standard InChI is InChI=1S/C17H12ClIN4/c18-13-5-1-12(2-6-13)16-9-15(11-3-7-14(19)8-4-11)22-17-20-10-21-23(16)17/h1-10,16H,(H,20,21,22). The molecule has 1 aliphatic heterocycles. The molecule has 1 N–H and O–H groups in total. The maximum Gasteiger partial charge on any atom is 0.226 e. The van der Waals surface area contributed by atoms with Crippen LogP contribution in [0.2, 0.25) is 5.02 Å². The summed E-state index contributed by atoms with van der Waals surface area (Å²) in [4.78, 5) is 4.32. The van der Waals surface area contributed by atoms with E-state index in [0.717, 1.165) is 27.8 Å². The van der Waals surface area contributed by atoms with E-state index in [0.29, 0.717) is 0 Å². The van der Waals surface area contributed by atoms with E-state index in [-0.39, 0.29) is 6.04 Å². The van der Waals surface area contributed by atoms with Gasteiger partial charge in [-0.15, -0.1) is 0 Å². The number of aromatic nitrogens is 3. The Morgan fingerprint density at radius 3 is 2.52 bits per heavy atom. The van der Waals surface area contributed by atoms with Gasteiger partial charge in [0.15, 0.2) is 0 Å². The Labute approximate surface area is 152 Å². The molecule has 3 aromatic rings. The summed E-state index contributed by atoms with van der Waals surface area (Å²) >= 11 is 8.31. The first-order valence-electron chi connectivity index (χ1n) is 7.10. The minimum absolute atomic E-state index is 0.0136. The van der Waals surface area contributed by atoms with Crippen molar-refractivity contribution in [1.29, 1.82) is 0 Å². The van der Waals surface area contributed by atoms with Crippen molar-refractivity contribution >= 4 is 45.8 Å². The average molecular weight is 435 g/mol. The molecule has 4 rings (SSSR count). The van der Waals surface area contributed by atoms with Gasteiger partial charge in [0.2, 0.25) is 5.95 Å². The first-order chi connectivity index (χ1) is 11.2. The maximum absolute atomic E-state index is 6.01. The number of nitrogens with one attached hydrogen (secondary N) is 1. The minimum Gasteiger partial charge on any atom is -0.324 e. The molecule has 1 unspecified atom stereocenters. The van der Waals surface area contributed by atoms with Crippen molar-refractivity contribution in [2.24, 2.45) is 0 Å². The van der Waals surface area contributed by atoms with Crippen LogP contribution >= 0.6 is 34.2 Å². The number of anilines is 1. The fourth-order valence-electron chi connectivity index (χ4n) is 2.63. The Hall–Kier alpha value is -1.86. The molecule has 0 spiro atoms. The first-order valence-corrected chi connectivity index (χ1v) is 8.56. The van der Waals surface area contributed by atoms with Crippen LogP contribution in [0.25, 0.3) is 5.70 Å². The third-order valence-corrected chi connectivity index (χ3v) is 4.75. The fourth-order valence-corrected chi connectivity index (χ4v) is 3.11. The Morgan fingerprint density at radius 1 is 1.04 bits per heavy atom. The second kappa shape index (κ2) is 5.98. The van der Waals surface area contributed by atoms with Crippen LogP contribution in [0.5, 0.6) is 0 Å². The van der Waals surface area contributed by atoms with E-state index in [1.54, 1.807) is 6.33 Å². The molecule has 0 aliphatic carbocycles. The summed E-state index contributed by atoms with van der Waals surface area (Å²) in [5, 5.41) is 8.41. The van der Waals surface area contributed by atoms with Crippen LogP contribution in [0, 0.1) is 3.57 Å². The summed E-state index contributed by atoms with van der Waals surface area (Å²) in [5.41, 5.74) is 3.27. The van der Waals surface area contributed by atoms with Gasteiger partial charge < -0.3 is 5.32 Å². The highest BCUT2D eigenvalue weighted by molar-refractivity contribution is 14.1. The molecule has 1 aromatic heterocycles. The molecular formula is C17H12ClIN4. The van der Waals surface area contributed by atoms with Gasteiger partial charge in [0, 0.05) is 14.3 Å². The Balaban J connectivity index is 1.79. The van der Waals surface area contributed by atoms with Crippen molar-refractivity contribution < 1.29 is 0 Å². The molecule has 1 aliphatic rings. The number of hydrogen-bond donors (Lipinski definition) is 1. The lowest BCUT2D eigenvalue weighted by Gasteiger charge is -2.24. The van der Waals surface area contributed by atoms with E-state index in [4.69, 9.17) is 11.6 Å². The highest BCUT2D eigenvalue weighted by atomic mass is 127. The van der Waals surface area contributed by atoms with Crippen LogP contribution in [0.4, 0.5) is 5.95 Å². The zero-order valence-electron chi connectivity index (χ0n) is 11.9. The van der Waals surface area contributed by atoms with E-state index in [9.17, 15) is 0 Å². The summed E-state index contributed by atoms with van der Waals surface area (Å²) in [6, 6.07) is 16.2. The Morgan fingerprint density at radius 2 is 1.78 bits per heavy atom. The lowest BCUT2D eigenvalue weighted by Crippen LogP contribution is -2.20. The van der Waals surface area contributed by atoms with Crippen LogP contribution in [0.3, 0.4) is 0 Å². The third-order valence-electron chi connectivity index (χ3n) is 3.77. The largest absolute Gasteiger partial charge is 0.324 e. The third kappa shape index (κ3) is 2.86. The SMILES string of the molecule is Clc1ccc(C2C=C(c3ccc(I)cc3)Nc3ncnn32)cc1. The zero-order valence-corrected chi connectivity index (χ0v) is 14.9. The van der Waals surface area contributed by atoms with Crippen LogP contribution in [-0.4, -0.2) is 14.8 Å². The van der Waals surface area contributed by atoms with Gasteiger partial charge in [-0.25, -0.2) is 4.68 Å². The lowest BCUT2D eigenvalue weighted by molar-refractivity contribution is 0.612. The normalized spacial score (nSPS) is 16.4. The smallest absolute Gasteiger partial charge is 0.226 e. The number of fused-ring (bicyclic) bond motifs is 1. The highest BCUT2D eigenvalue weighted by Crippen LogP contribution is 2.32. The van der Waals surface area contributed by atoms with Crippen molar-refractivity contribution in [1.82, 2.24) is 14.8 Å². The average Bonchev–Trinajstić information content (AvgIpc) is 3.04. The fraction of sp³-hybridized carbons (Fsp3) is 0.0588. The molecule has 6 heteroatoms. The second-order valence-electron chi connectivity index (χ2n) is 5.24. The van der Waals surface area contributed by atoms with Gasteiger partial charge in [0.05, 0.1) is 0 Å². The van der Waals surface area contributed by atoms with Crippen LogP contribution < -0.4 is 5.32 Å². The molecule has 0 radical (unpaired) electrons. The van der Waals surface area contributed by atoms with E-state index >= 15 is 0 Å². The van der Waals surface area contributed by atoms with Gasteiger partial charge in [-0.1, -0.05) is 35.9 Å².